The Kier molecular flexibility index (Phi) is 5.16. The summed E-state index contributed by atoms with van der Waals surface area (Å²) >= 11 is 6.27. The highest BCUT2D eigenvalue weighted by molar-refractivity contribution is 6.31. The van der Waals surface area contributed by atoms with Gasteiger partial charge in [0.2, 0.25) is 5.91 Å². The molecule has 4 rings (SSSR count). The number of aromatic nitrogens is 3. The van der Waals surface area contributed by atoms with Gasteiger partial charge in [-0.3, -0.25) is 14.3 Å². The van der Waals surface area contributed by atoms with Crippen molar-refractivity contribution in [2.75, 3.05) is 33.2 Å². The number of hydrogen-bond donors (Lipinski definition) is 0. The largest absolute Gasteiger partial charge is 0.329 e. The molecule has 7 nitrogen and oxygen atoms in total. The van der Waals surface area contributed by atoms with Crippen molar-refractivity contribution in [3.8, 4) is 0 Å². The molecule has 27 heavy (non-hydrogen) atoms. The second kappa shape index (κ2) is 7.58. The minimum atomic E-state index is -0.297. The van der Waals surface area contributed by atoms with Crippen molar-refractivity contribution >= 4 is 17.5 Å². The van der Waals surface area contributed by atoms with Gasteiger partial charge in [-0.25, -0.2) is 0 Å². The molecule has 2 aliphatic heterocycles. The van der Waals surface area contributed by atoms with Crippen molar-refractivity contribution in [3.63, 3.8) is 0 Å². The molecule has 0 N–H and O–H groups in total. The normalized spacial score (nSPS) is 21.5. The van der Waals surface area contributed by atoms with Crippen LogP contribution in [0.15, 0.2) is 24.3 Å². The molecule has 8 heteroatoms. The Morgan fingerprint density at radius 1 is 1.11 bits per heavy atom. The number of likely N-dealkylation sites (N-methyl/N-ethyl adjacent to an activating group) is 1. The van der Waals surface area contributed by atoms with Gasteiger partial charge in [0.25, 0.3) is 0 Å². The average Bonchev–Trinajstić information content (AvgIpc) is 3.06. The molecule has 1 aromatic heterocycles. The maximum Gasteiger partial charge on any atom is 0.246 e. The zero-order chi connectivity index (χ0) is 19.0. The van der Waals surface area contributed by atoms with Gasteiger partial charge in [-0.05, 0) is 25.6 Å². The lowest BCUT2D eigenvalue weighted by molar-refractivity contribution is -0.137. The molecule has 1 atom stereocenters. The summed E-state index contributed by atoms with van der Waals surface area (Å²) in [6, 6.07) is 7.35. The first-order chi connectivity index (χ1) is 13.0. The van der Waals surface area contributed by atoms with E-state index in [1.165, 1.54) is 0 Å². The van der Waals surface area contributed by atoms with E-state index < -0.39 is 0 Å². The average molecular weight is 389 g/mol. The van der Waals surface area contributed by atoms with E-state index in [1.54, 1.807) is 0 Å². The summed E-state index contributed by atoms with van der Waals surface area (Å²) in [5, 5.41) is 9.47. The van der Waals surface area contributed by atoms with E-state index in [-0.39, 0.29) is 11.9 Å². The molecular weight excluding hydrogens is 364 g/mol. The van der Waals surface area contributed by atoms with Gasteiger partial charge in [0.1, 0.15) is 11.9 Å². The highest BCUT2D eigenvalue weighted by Crippen LogP contribution is 2.26. The van der Waals surface area contributed by atoms with Gasteiger partial charge in [0, 0.05) is 37.7 Å². The highest BCUT2D eigenvalue weighted by atomic mass is 35.5. The van der Waals surface area contributed by atoms with Crippen molar-refractivity contribution in [3.05, 3.63) is 46.5 Å². The van der Waals surface area contributed by atoms with Crippen LogP contribution in [0.25, 0.3) is 0 Å². The first-order valence-corrected chi connectivity index (χ1v) is 9.76. The van der Waals surface area contributed by atoms with Gasteiger partial charge in [-0.2, -0.15) is 0 Å². The van der Waals surface area contributed by atoms with Gasteiger partial charge in [-0.1, -0.05) is 29.8 Å². The van der Waals surface area contributed by atoms with Gasteiger partial charge in [0.05, 0.1) is 13.1 Å². The minimum Gasteiger partial charge on any atom is -0.329 e. The number of amides is 1. The number of fused-ring (bicyclic) bond motifs is 1. The quantitative estimate of drug-likeness (QED) is 0.799. The molecule has 3 heterocycles. The Morgan fingerprint density at radius 2 is 1.85 bits per heavy atom. The van der Waals surface area contributed by atoms with Gasteiger partial charge in [0.15, 0.2) is 5.82 Å². The van der Waals surface area contributed by atoms with Crippen molar-refractivity contribution < 1.29 is 4.79 Å². The van der Waals surface area contributed by atoms with E-state index in [9.17, 15) is 4.79 Å². The fraction of sp³-hybridized carbons (Fsp3) is 0.526. The van der Waals surface area contributed by atoms with E-state index in [1.807, 2.05) is 40.7 Å². The Hall–Kier alpha value is -1.96. The first kappa shape index (κ1) is 18.4. The van der Waals surface area contributed by atoms with Crippen LogP contribution >= 0.6 is 11.6 Å². The Labute approximate surface area is 164 Å². The Morgan fingerprint density at radius 3 is 2.59 bits per heavy atom. The van der Waals surface area contributed by atoms with Crippen molar-refractivity contribution in [1.29, 1.82) is 0 Å². The maximum absolute atomic E-state index is 13.0. The monoisotopic (exact) mass is 388 g/mol. The molecule has 0 saturated carbocycles. The standard InChI is InChI=1S/C19H25ClN6O/c1-14-19(27)25(11-15-5-3-4-6-16(15)20)13-18-22-21-17(26(14)18)12-24-9-7-23(2)8-10-24/h3-6,14H,7-13H2,1-2H3/t14-/m0/s1. The summed E-state index contributed by atoms with van der Waals surface area (Å²) in [4.78, 5) is 19.5. The summed E-state index contributed by atoms with van der Waals surface area (Å²) in [7, 11) is 2.14. The zero-order valence-corrected chi connectivity index (χ0v) is 16.6. The number of nitrogens with zero attached hydrogens (tertiary/aromatic N) is 6. The molecule has 0 aliphatic carbocycles. The molecule has 0 bridgehead atoms. The van der Waals surface area contributed by atoms with Crippen LogP contribution < -0.4 is 0 Å². The van der Waals surface area contributed by atoms with E-state index in [2.05, 4.69) is 27.0 Å². The number of carbonyl (C=O) groups is 1. The third-order valence-electron chi connectivity index (χ3n) is 5.51. The van der Waals surface area contributed by atoms with Crippen LogP contribution in [0.5, 0.6) is 0 Å². The predicted octanol–water partition coefficient (Wildman–Crippen LogP) is 1.78. The zero-order valence-electron chi connectivity index (χ0n) is 15.8. The minimum absolute atomic E-state index is 0.0850. The lowest BCUT2D eigenvalue weighted by Gasteiger charge is -2.34. The van der Waals surface area contributed by atoms with Crippen molar-refractivity contribution in [2.45, 2.75) is 32.6 Å². The highest BCUT2D eigenvalue weighted by Gasteiger charge is 2.33. The summed E-state index contributed by atoms with van der Waals surface area (Å²) in [6.45, 7) is 7.76. The van der Waals surface area contributed by atoms with Crippen molar-refractivity contribution in [1.82, 2.24) is 29.5 Å². The topological polar surface area (TPSA) is 57.5 Å². The third kappa shape index (κ3) is 3.72. The van der Waals surface area contributed by atoms with Crippen molar-refractivity contribution in [2.24, 2.45) is 0 Å². The SMILES string of the molecule is C[C@H]1C(=O)N(Cc2ccccc2Cl)Cc2nnc(CN3CCN(C)CC3)n21. The van der Waals surface area contributed by atoms with Crippen LogP contribution in [-0.2, 0) is 24.4 Å². The molecule has 1 aromatic carbocycles. The van der Waals surface area contributed by atoms with Crippen LogP contribution in [0.1, 0.15) is 30.2 Å². The van der Waals surface area contributed by atoms with Crippen LogP contribution in [0.2, 0.25) is 5.02 Å². The van der Waals surface area contributed by atoms with Crippen LogP contribution in [-0.4, -0.2) is 68.6 Å². The van der Waals surface area contributed by atoms with E-state index in [4.69, 9.17) is 11.6 Å². The third-order valence-corrected chi connectivity index (χ3v) is 5.87. The van der Waals surface area contributed by atoms with E-state index >= 15 is 0 Å². The molecule has 1 fully saturated rings. The van der Waals surface area contributed by atoms with Crippen LogP contribution in [0, 0.1) is 0 Å². The summed E-state index contributed by atoms with van der Waals surface area (Å²) in [5.41, 5.74) is 0.949. The number of piperazine rings is 1. The van der Waals surface area contributed by atoms with Gasteiger partial charge >= 0.3 is 0 Å². The fourth-order valence-electron chi connectivity index (χ4n) is 3.82. The Balaban J connectivity index is 1.51. The molecule has 1 amide bonds. The molecule has 0 unspecified atom stereocenters. The van der Waals surface area contributed by atoms with E-state index in [0.29, 0.717) is 18.1 Å². The predicted molar refractivity (Wildman–Crippen MR) is 103 cm³/mol. The summed E-state index contributed by atoms with van der Waals surface area (Å²) < 4.78 is 2.02. The summed E-state index contributed by atoms with van der Waals surface area (Å²) in [6.07, 6.45) is 0. The number of hydrogen-bond acceptors (Lipinski definition) is 5. The van der Waals surface area contributed by atoms with Crippen LogP contribution in [0.3, 0.4) is 0 Å². The molecule has 2 aromatic rings. The molecular formula is C19H25ClN6O. The number of rotatable bonds is 4. The Bertz CT molecular complexity index is 829. The molecule has 1 saturated heterocycles. The maximum atomic E-state index is 13.0. The van der Waals surface area contributed by atoms with Crippen LogP contribution in [0.4, 0.5) is 0 Å². The molecule has 144 valence electrons. The number of carbonyl (C=O) groups excluding carboxylic acids is 1. The smallest absolute Gasteiger partial charge is 0.246 e. The molecule has 0 radical (unpaired) electrons. The molecule has 2 aliphatic rings. The molecule has 0 spiro atoms. The van der Waals surface area contributed by atoms with Gasteiger partial charge in [-0.15, -0.1) is 10.2 Å². The first-order valence-electron chi connectivity index (χ1n) is 9.38. The summed E-state index contributed by atoms with van der Waals surface area (Å²) in [5.74, 6) is 1.81. The van der Waals surface area contributed by atoms with E-state index in [0.717, 1.165) is 49.9 Å². The second-order valence-electron chi connectivity index (χ2n) is 7.44. The fourth-order valence-corrected chi connectivity index (χ4v) is 4.01. The van der Waals surface area contributed by atoms with Gasteiger partial charge < -0.3 is 9.80 Å². The number of halogens is 1. The lowest BCUT2D eigenvalue weighted by atomic mass is 10.1. The second-order valence-corrected chi connectivity index (χ2v) is 7.85. The number of benzene rings is 1. The lowest BCUT2D eigenvalue weighted by Crippen LogP contribution is -2.45.